The summed E-state index contributed by atoms with van der Waals surface area (Å²) in [6.07, 6.45) is 2.68. The van der Waals surface area contributed by atoms with Crippen molar-refractivity contribution in [2.75, 3.05) is 13.2 Å². The summed E-state index contributed by atoms with van der Waals surface area (Å²) in [6.45, 7) is 9.06. The molecule has 106 valence electrons. The van der Waals surface area contributed by atoms with Gasteiger partial charge in [-0.1, -0.05) is 13.0 Å². The van der Waals surface area contributed by atoms with Crippen LogP contribution in [0.3, 0.4) is 0 Å². The summed E-state index contributed by atoms with van der Waals surface area (Å²) < 4.78 is 5.75. The number of benzene rings is 1. The topological polar surface area (TPSA) is 38.5 Å². The molecule has 0 radical (unpaired) electrons. The lowest BCUT2D eigenvalue weighted by Gasteiger charge is -2.22. The minimum absolute atomic E-state index is 0.0745. The molecule has 0 aliphatic heterocycles. The zero-order chi connectivity index (χ0) is 13.8. The molecule has 0 aromatic heterocycles. The normalized spacial score (nSPS) is 16.7. The third-order valence-corrected chi connectivity index (χ3v) is 3.75. The first-order chi connectivity index (χ1) is 9.15. The summed E-state index contributed by atoms with van der Waals surface area (Å²) in [5.74, 6) is 1.01. The van der Waals surface area contributed by atoms with Crippen LogP contribution in [0.25, 0.3) is 0 Å². The highest BCUT2D eigenvalue weighted by Crippen LogP contribution is 2.31. The van der Waals surface area contributed by atoms with E-state index in [1.54, 1.807) is 0 Å². The molecule has 1 atom stereocenters. The van der Waals surface area contributed by atoms with Crippen LogP contribution in [0.4, 0.5) is 0 Å². The first kappa shape index (κ1) is 14.4. The van der Waals surface area contributed by atoms with Crippen LogP contribution in [0.15, 0.2) is 18.2 Å². The van der Waals surface area contributed by atoms with Gasteiger partial charge in [-0.3, -0.25) is 4.90 Å². The van der Waals surface area contributed by atoms with Gasteiger partial charge in [0, 0.05) is 24.2 Å². The van der Waals surface area contributed by atoms with Crippen molar-refractivity contribution in [3.8, 4) is 5.75 Å². The van der Waals surface area contributed by atoms with Crippen LogP contribution in [0.2, 0.25) is 0 Å². The van der Waals surface area contributed by atoms with Gasteiger partial charge in [0.15, 0.2) is 0 Å². The van der Waals surface area contributed by atoms with Gasteiger partial charge in [0.05, 0.1) is 6.61 Å². The number of hydrogen-bond donors (Lipinski definition) is 1. The van der Waals surface area contributed by atoms with Crippen molar-refractivity contribution in [1.29, 1.82) is 0 Å². The van der Waals surface area contributed by atoms with E-state index in [1.165, 1.54) is 24.0 Å². The maximum absolute atomic E-state index is 5.99. The Morgan fingerprint density at radius 2 is 2.11 bits per heavy atom. The Balaban J connectivity index is 2.20. The molecule has 19 heavy (non-hydrogen) atoms. The van der Waals surface area contributed by atoms with E-state index >= 15 is 0 Å². The summed E-state index contributed by atoms with van der Waals surface area (Å²) in [4.78, 5) is 2.53. The average Bonchev–Trinajstić information content (AvgIpc) is 3.22. The molecular formula is C16H26N2O. The highest BCUT2D eigenvalue weighted by molar-refractivity contribution is 5.38. The number of nitrogens with zero attached hydrogens (tertiary/aromatic N) is 1. The number of hydrogen-bond acceptors (Lipinski definition) is 3. The van der Waals surface area contributed by atoms with Gasteiger partial charge in [0.1, 0.15) is 5.75 Å². The van der Waals surface area contributed by atoms with E-state index in [0.717, 1.165) is 24.9 Å². The Kier molecular flexibility index (Phi) is 4.83. The molecule has 0 spiro atoms. The molecule has 1 unspecified atom stereocenters. The molecule has 1 aliphatic carbocycles. The zero-order valence-electron chi connectivity index (χ0n) is 12.4. The zero-order valence-corrected chi connectivity index (χ0v) is 12.4. The van der Waals surface area contributed by atoms with E-state index in [9.17, 15) is 0 Å². The quantitative estimate of drug-likeness (QED) is 0.820. The van der Waals surface area contributed by atoms with Gasteiger partial charge >= 0.3 is 0 Å². The summed E-state index contributed by atoms with van der Waals surface area (Å²) in [5.41, 5.74) is 8.44. The van der Waals surface area contributed by atoms with Gasteiger partial charge in [0.25, 0.3) is 0 Å². The predicted octanol–water partition coefficient (Wildman–Crippen LogP) is 3.09. The second kappa shape index (κ2) is 6.40. The average molecular weight is 262 g/mol. The first-order valence-corrected chi connectivity index (χ1v) is 7.41. The second-order valence-electron chi connectivity index (χ2n) is 5.38. The standard InChI is InChI=1S/C16H26N2O/c1-4-18(15-7-8-15)11-14-10-13(12(3)17)6-9-16(14)19-5-2/h6,9-10,12,15H,4-5,7-8,11,17H2,1-3H3. The minimum atomic E-state index is 0.0745. The summed E-state index contributed by atoms with van der Waals surface area (Å²) >= 11 is 0. The van der Waals surface area contributed by atoms with Crippen molar-refractivity contribution >= 4 is 0 Å². The molecule has 1 aromatic rings. The minimum Gasteiger partial charge on any atom is -0.494 e. The van der Waals surface area contributed by atoms with Gasteiger partial charge in [-0.25, -0.2) is 0 Å². The van der Waals surface area contributed by atoms with E-state index in [0.29, 0.717) is 6.61 Å². The van der Waals surface area contributed by atoms with Gasteiger partial charge in [-0.2, -0.15) is 0 Å². The van der Waals surface area contributed by atoms with Crippen molar-refractivity contribution < 1.29 is 4.74 Å². The second-order valence-corrected chi connectivity index (χ2v) is 5.38. The lowest BCUT2D eigenvalue weighted by atomic mass is 10.0. The molecule has 2 N–H and O–H groups in total. The van der Waals surface area contributed by atoms with Gasteiger partial charge in [-0.05, 0) is 50.9 Å². The molecule has 2 rings (SSSR count). The molecular weight excluding hydrogens is 236 g/mol. The van der Waals surface area contributed by atoms with E-state index in [-0.39, 0.29) is 6.04 Å². The Labute approximate surface area is 116 Å². The van der Waals surface area contributed by atoms with Crippen LogP contribution in [0.5, 0.6) is 5.75 Å². The molecule has 1 saturated carbocycles. The summed E-state index contributed by atoms with van der Waals surface area (Å²) in [6, 6.07) is 7.20. The highest BCUT2D eigenvalue weighted by Gasteiger charge is 2.28. The third kappa shape index (κ3) is 3.71. The maximum atomic E-state index is 5.99. The van der Waals surface area contributed by atoms with Crippen molar-refractivity contribution in [3.63, 3.8) is 0 Å². The molecule has 1 aromatic carbocycles. The van der Waals surface area contributed by atoms with E-state index in [2.05, 4.69) is 30.0 Å². The van der Waals surface area contributed by atoms with Gasteiger partial charge < -0.3 is 10.5 Å². The Morgan fingerprint density at radius 3 is 2.63 bits per heavy atom. The Hall–Kier alpha value is -1.06. The van der Waals surface area contributed by atoms with Crippen LogP contribution in [-0.4, -0.2) is 24.1 Å². The van der Waals surface area contributed by atoms with Crippen LogP contribution in [-0.2, 0) is 6.54 Å². The monoisotopic (exact) mass is 262 g/mol. The molecule has 1 fully saturated rings. The fourth-order valence-electron chi connectivity index (χ4n) is 2.46. The van der Waals surface area contributed by atoms with E-state index in [4.69, 9.17) is 10.5 Å². The lowest BCUT2D eigenvalue weighted by Crippen LogP contribution is -2.25. The third-order valence-electron chi connectivity index (χ3n) is 3.75. The van der Waals surface area contributed by atoms with Crippen LogP contribution >= 0.6 is 0 Å². The van der Waals surface area contributed by atoms with Gasteiger partial charge in [0.2, 0.25) is 0 Å². The molecule has 0 saturated heterocycles. The molecule has 3 heteroatoms. The van der Waals surface area contributed by atoms with Crippen LogP contribution < -0.4 is 10.5 Å². The maximum Gasteiger partial charge on any atom is 0.123 e. The SMILES string of the molecule is CCOc1ccc(C(C)N)cc1CN(CC)C1CC1. The van der Waals surface area contributed by atoms with E-state index < -0.39 is 0 Å². The van der Waals surface area contributed by atoms with Crippen LogP contribution in [0.1, 0.15) is 50.8 Å². The van der Waals surface area contributed by atoms with Gasteiger partial charge in [-0.15, -0.1) is 0 Å². The van der Waals surface area contributed by atoms with Crippen molar-refractivity contribution in [3.05, 3.63) is 29.3 Å². The molecule has 0 heterocycles. The summed E-state index contributed by atoms with van der Waals surface area (Å²) in [7, 11) is 0. The molecule has 1 aliphatic rings. The summed E-state index contributed by atoms with van der Waals surface area (Å²) in [5, 5.41) is 0. The Morgan fingerprint density at radius 1 is 1.37 bits per heavy atom. The highest BCUT2D eigenvalue weighted by atomic mass is 16.5. The fraction of sp³-hybridized carbons (Fsp3) is 0.625. The fourth-order valence-corrected chi connectivity index (χ4v) is 2.46. The van der Waals surface area contributed by atoms with Crippen molar-refractivity contribution in [2.45, 2.75) is 52.2 Å². The lowest BCUT2D eigenvalue weighted by molar-refractivity contribution is 0.260. The number of rotatable bonds is 7. The number of ether oxygens (including phenoxy) is 1. The van der Waals surface area contributed by atoms with E-state index in [1.807, 2.05) is 13.8 Å². The first-order valence-electron chi connectivity index (χ1n) is 7.41. The largest absolute Gasteiger partial charge is 0.494 e. The predicted molar refractivity (Wildman–Crippen MR) is 79.3 cm³/mol. The molecule has 0 amide bonds. The van der Waals surface area contributed by atoms with Crippen LogP contribution in [0, 0.1) is 0 Å². The van der Waals surface area contributed by atoms with Crippen molar-refractivity contribution in [2.24, 2.45) is 5.73 Å². The molecule has 3 nitrogen and oxygen atoms in total. The smallest absolute Gasteiger partial charge is 0.123 e. The molecule has 0 bridgehead atoms. The Bertz CT molecular complexity index is 413. The van der Waals surface area contributed by atoms with Crippen molar-refractivity contribution in [1.82, 2.24) is 4.90 Å². The number of nitrogens with two attached hydrogens (primary N) is 1.